The van der Waals surface area contributed by atoms with Crippen LogP contribution in [0.5, 0.6) is 17.2 Å². The van der Waals surface area contributed by atoms with E-state index in [0.717, 1.165) is 0 Å². The Morgan fingerprint density at radius 3 is 2.42 bits per heavy atom. The quantitative estimate of drug-likeness (QED) is 0.668. The number of fused-ring (bicyclic) bond motifs is 1. The predicted molar refractivity (Wildman–Crippen MR) is 113 cm³/mol. The first-order valence-electron chi connectivity index (χ1n) is 9.78. The molecular weight excluding hydrogens is 402 g/mol. The molecule has 0 saturated carbocycles. The van der Waals surface area contributed by atoms with Gasteiger partial charge in [0.25, 0.3) is 5.91 Å². The van der Waals surface area contributed by atoms with Crippen molar-refractivity contribution in [1.82, 2.24) is 10.2 Å². The van der Waals surface area contributed by atoms with Gasteiger partial charge in [0.05, 0.1) is 13.7 Å². The molecule has 164 valence electrons. The van der Waals surface area contributed by atoms with Crippen LogP contribution in [0, 0.1) is 0 Å². The van der Waals surface area contributed by atoms with Gasteiger partial charge in [0.1, 0.15) is 12.3 Å². The fourth-order valence-corrected chi connectivity index (χ4v) is 2.95. The number of hydrogen-bond acceptors (Lipinski definition) is 6. The number of rotatable bonds is 8. The molecule has 2 aromatic rings. The molecule has 0 unspecified atom stereocenters. The minimum absolute atomic E-state index is 0.113. The van der Waals surface area contributed by atoms with Crippen molar-refractivity contribution >= 4 is 23.4 Å². The molecule has 2 aromatic carbocycles. The molecule has 0 atom stereocenters. The van der Waals surface area contributed by atoms with Crippen molar-refractivity contribution in [3.05, 3.63) is 48.0 Å². The van der Waals surface area contributed by atoms with Gasteiger partial charge in [-0.25, -0.2) is 0 Å². The third-order valence-corrected chi connectivity index (χ3v) is 4.64. The Balaban J connectivity index is 1.54. The summed E-state index contributed by atoms with van der Waals surface area (Å²) in [6.07, 6.45) is 0. The summed E-state index contributed by atoms with van der Waals surface area (Å²) in [4.78, 5) is 38.8. The lowest BCUT2D eigenvalue weighted by molar-refractivity contribution is -0.124. The van der Waals surface area contributed by atoms with Crippen LogP contribution in [0.25, 0.3) is 0 Å². The highest BCUT2D eigenvalue weighted by molar-refractivity contribution is 5.98. The second kappa shape index (κ2) is 9.84. The highest BCUT2D eigenvalue weighted by atomic mass is 16.7. The number of nitrogens with one attached hydrogen (secondary N) is 2. The summed E-state index contributed by atoms with van der Waals surface area (Å²) in [6, 6.07) is 11.5. The highest BCUT2D eigenvalue weighted by Crippen LogP contribution is 2.32. The Hall–Kier alpha value is -3.75. The molecule has 0 saturated heterocycles. The van der Waals surface area contributed by atoms with Gasteiger partial charge in [-0.1, -0.05) is 0 Å². The fourth-order valence-electron chi connectivity index (χ4n) is 2.95. The van der Waals surface area contributed by atoms with E-state index in [9.17, 15) is 14.4 Å². The number of hydrogen-bond donors (Lipinski definition) is 2. The highest BCUT2D eigenvalue weighted by Gasteiger charge is 2.24. The lowest BCUT2D eigenvalue weighted by Crippen LogP contribution is -2.45. The van der Waals surface area contributed by atoms with Gasteiger partial charge in [0.15, 0.2) is 11.5 Å². The van der Waals surface area contributed by atoms with Gasteiger partial charge < -0.3 is 29.7 Å². The van der Waals surface area contributed by atoms with Crippen molar-refractivity contribution in [1.29, 1.82) is 0 Å². The van der Waals surface area contributed by atoms with E-state index in [2.05, 4.69) is 10.6 Å². The van der Waals surface area contributed by atoms with Gasteiger partial charge in [-0.3, -0.25) is 14.4 Å². The largest absolute Gasteiger partial charge is 0.497 e. The zero-order valence-corrected chi connectivity index (χ0v) is 17.6. The molecule has 31 heavy (non-hydrogen) atoms. The normalized spacial score (nSPS) is 11.7. The molecule has 0 aromatic heterocycles. The van der Waals surface area contributed by atoms with E-state index in [1.165, 1.54) is 4.90 Å². The van der Waals surface area contributed by atoms with Crippen LogP contribution in [-0.4, -0.2) is 55.7 Å². The van der Waals surface area contributed by atoms with Crippen molar-refractivity contribution in [2.45, 2.75) is 19.9 Å². The third kappa shape index (κ3) is 5.65. The van der Waals surface area contributed by atoms with Gasteiger partial charge in [-0.05, 0) is 56.3 Å². The first kappa shape index (κ1) is 21.9. The van der Waals surface area contributed by atoms with Gasteiger partial charge in [-0.2, -0.15) is 0 Å². The van der Waals surface area contributed by atoms with Crippen LogP contribution < -0.4 is 24.8 Å². The Kier molecular flexibility index (Phi) is 6.96. The van der Waals surface area contributed by atoms with E-state index in [0.29, 0.717) is 28.5 Å². The van der Waals surface area contributed by atoms with Gasteiger partial charge in [0, 0.05) is 17.3 Å². The summed E-state index contributed by atoms with van der Waals surface area (Å²) in [6.45, 7) is 3.35. The summed E-state index contributed by atoms with van der Waals surface area (Å²) >= 11 is 0. The van der Waals surface area contributed by atoms with Crippen molar-refractivity contribution < 1.29 is 28.6 Å². The molecule has 9 nitrogen and oxygen atoms in total. The molecule has 2 N–H and O–H groups in total. The van der Waals surface area contributed by atoms with E-state index < -0.39 is 5.91 Å². The van der Waals surface area contributed by atoms with Crippen LogP contribution in [0.15, 0.2) is 42.5 Å². The Morgan fingerprint density at radius 1 is 1.03 bits per heavy atom. The topological polar surface area (TPSA) is 106 Å². The average molecular weight is 427 g/mol. The number of carbonyl (C=O) groups is 3. The Labute approximate surface area is 180 Å². The first-order chi connectivity index (χ1) is 14.9. The van der Waals surface area contributed by atoms with Crippen molar-refractivity contribution in [3.63, 3.8) is 0 Å². The molecule has 1 aliphatic heterocycles. The van der Waals surface area contributed by atoms with Crippen LogP contribution in [0.1, 0.15) is 24.2 Å². The molecule has 1 aliphatic rings. The lowest BCUT2D eigenvalue weighted by atomic mass is 10.1. The van der Waals surface area contributed by atoms with Gasteiger partial charge in [-0.15, -0.1) is 0 Å². The number of nitrogens with zero attached hydrogens (tertiary/aromatic N) is 1. The summed E-state index contributed by atoms with van der Waals surface area (Å²) in [5, 5.41) is 5.23. The van der Waals surface area contributed by atoms with E-state index in [4.69, 9.17) is 14.2 Å². The smallest absolute Gasteiger partial charge is 0.254 e. The van der Waals surface area contributed by atoms with Crippen molar-refractivity contribution in [2.24, 2.45) is 0 Å². The maximum Gasteiger partial charge on any atom is 0.254 e. The van der Waals surface area contributed by atoms with Crippen LogP contribution in [0.2, 0.25) is 0 Å². The number of ether oxygens (including phenoxy) is 3. The van der Waals surface area contributed by atoms with E-state index in [1.807, 2.05) is 13.8 Å². The molecule has 0 fully saturated rings. The first-order valence-corrected chi connectivity index (χ1v) is 9.78. The van der Waals surface area contributed by atoms with Crippen LogP contribution in [0.3, 0.4) is 0 Å². The zero-order valence-electron chi connectivity index (χ0n) is 17.6. The monoisotopic (exact) mass is 427 g/mol. The average Bonchev–Trinajstić information content (AvgIpc) is 3.24. The van der Waals surface area contributed by atoms with Crippen molar-refractivity contribution in [2.75, 3.05) is 32.3 Å². The molecule has 0 radical (unpaired) electrons. The minimum atomic E-state index is -0.437. The van der Waals surface area contributed by atoms with Crippen LogP contribution in [-0.2, 0) is 9.59 Å². The number of amides is 3. The fraction of sp³-hybridized carbons (Fsp3) is 0.318. The second-order valence-electron chi connectivity index (χ2n) is 7.15. The van der Waals surface area contributed by atoms with Crippen molar-refractivity contribution in [3.8, 4) is 17.2 Å². The molecule has 0 aliphatic carbocycles. The van der Waals surface area contributed by atoms with E-state index in [1.54, 1.807) is 49.6 Å². The molecule has 0 bridgehead atoms. The molecule has 9 heteroatoms. The van der Waals surface area contributed by atoms with E-state index in [-0.39, 0.29) is 37.7 Å². The molecular formula is C22H25N3O6. The maximum absolute atomic E-state index is 12.9. The van der Waals surface area contributed by atoms with Gasteiger partial charge >= 0.3 is 0 Å². The van der Waals surface area contributed by atoms with E-state index >= 15 is 0 Å². The third-order valence-electron chi connectivity index (χ3n) is 4.64. The molecule has 3 rings (SSSR count). The maximum atomic E-state index is 12.9. The number of methoxy groups -OCH3 is 1. The second-order valence-corrected chi connectivity index (χ2v) is 7.15. The molecule has 1 heterocycles. The Morgan fingerprint density at radius 2 is 1.74 bits per heavy atom. The molecule has 3 amide bonds. The number of carbonyl (C=O) groups excluding carboxylic acids is 3. The standard InChI is InChI=1S/C22H25N3O6/c1-14(2)25(22(28)15-4-9-18-19(10-15)31-13-30-18)12-21(27)23-11-20(26)24-16-5-7-17(29-3)8-6-16/h4-10,14H,11-13H2,1-3H3,(H,23,27)(H,24,26). The van der Waals surface area contributed by atoms with Crippen LogP contribution >= 0.6 is 0 Å². The minimum Gasteiger partial charge on any atom is -0.497 e. The summed E-state index contributed by atoms with van der Waals surface area (Å²) in [7, 11) is 1.56. The van der Waals surface area contributed by atoms with Crippen LogP contribution in [0.4, 0.5) is 5.69 Å². The number of anilines is 1. The summed E-state index contributed by atoms with van der Waals surface area (Å²) in [5.41, 5.74) is 0.977. The molecule has 0 spiro atoms. The number of benzene rings is 2. The SMILES string of the molecule is COc1ccc(NC(=O)CNC(=O)CN(C(=O)c2ccc3c(c2)OCO3)C(C)C)cc1. The lowest BCUT2D eigenvalue weighted by Gasteiger charge is -2.26. The zero-order chi connectivity index (χ0) is 22.4. The van der Waals surface area contributed by atoms with Gasteiger partial charge in [0.2, 0.25) is 18.6 Å². The summed E-state index contributed by atoms with van der Waals surface area (Å²) in [5.74, 6) is 0.616. The summed E-state index contributed by atoms with van der Waals surface area (Å²) < 4.78 is 15.6. The predicted octanol–water partition coefficient (Wildman–Crippen LogP) is 2.03. The Bertz CT molecular complexity index is 958.